The number of rotatable bonds is 4. The molecule has 26 heavy (non-hydrogen) atoms. The van der Waals surface area contributed by atoms with Crippen LogP contribution in [0.15, 0.2) is 52.3 Å². The minimum atomic E-state index is -1.16. The van der Waals surface area contributed by atoms with Gasteiger partial charge in [-0.15, -0.1) is 0 Å². The van der Waals surface area contributed by atoms with Crippen LogP contribution in [0.25, 0.3) is 5.69 Å². The number of aromatic nitrogens is 2. The fourth-order valence-electron chi connectivity index (χ4n) is 2.38. The highest BCUT2D eigenvalue weighted by molar-refractivity contribution is 6.33. The summed E-state index contributed by atoms with van der Waals surface area (Å²) in [6.45, 7) is 1.70. The zero-order valence-corrected chi connectivity index (χ0v) is 14.3. The summed E-state index contributed by atoms with van der Waals surface area (Å²) in [6.07, 6.45) is 1.35. The zero-order chi connectivity index (χ0) is 18.8. The lowest BCUT2D eigenvalue weighted by Crippen LogP contribution is -2.17. The van der Waals surface area contributed by atoms with Crippen LogP contribution >= 0.6 is 11.6 Å². The first-order valence-corrected chi connectivity index (χ1v) is 7.89. The van der Waals surface area contributed by atoms with Crippen molar-refractivity contribution in [2.75, 3.05) is 0 Å². The van der Waals surface area contributed by atoms with Crippen LogP contribution < -0.4 is 5.56 Å². The predicted molar refractivity (Wildman–Crippen MR) is 96.8 cm³/mol. The van der Waals surface area contributed by atoms with Crippen molar-refractivity contribution in [1.29, 1.82) is 0 Å². The van der Waals surface area contributed by atoms with Gasteiger partial charge in [-0.05, 0) is 49.4 Å². The number of carbonyl (C=O) groups is 1. The summed E-state index contributed by atoms with van der Waals surface area (Å²) >= 11 is 5.82. The minimum Gasteiger partial charge on any atom is -0.478 e. The Kier molecular flexibility index (Phi) is 4.73. The minimum absolute atomic E-state index is 0.0733. The predicted octanol–water partition coefficient (Wildman–Crippen LogP) is 3.72. The molecule has 0 atom stereocenters. The summed E-state index contributed by atoms with van der Waals surface area (Å²) in [5.41, 5.74) is 1.27. The number of aromatic amines is 1. The molecular weight excluding hydrogens is 361 g/mol. The van der Waals surface area contributed by atoms with Crippen LogP contribution in [-0.2, 0) is 0 Å². The summed E-state index contributed by atoms with van der Waals surface area (Å²) in [5, 5.41) is 12.1. The number of aryl methyl sites for hydroxylation is 1. The summed E-state index contributed by atoms with van der Waals surface area (Å²) in [4.78, 5) is 27.8. The molecule has 0 saturated carbocycles. The van der Waals surface area contributed by atoms with Gasteiger partial charge in [0.05, 0.1) is 27.5 Å². The van der Waals surface area contributed by atoms with Crippen molar-refractivity contribution in [1.82, 2.24) is 9.78 Å². The molecule has 0 aliphatic heterocycles. The number of nitrogens with one attached hydrogen (secondary N) is 1. The van der Waals surface area contributed by atoms with Crippen molar-refractivity contribution in [2.24, 2.45) is 4.99 Å². The second kappa shape index (κ2) is 6.97. The zero-order valence-electron chi connectivity index (χ0n) is 13.5. The third-order valence-corrected chi connectivity index (χ3v) is 4.05. The Balaban J connectivity index is 1.97. The molecule has 1 aromatic heterocycles. The molecule has 6 nitrogen and oxygen atoms in total. The normalized spacial score (nSPS) is 11.2. The third kappa shape index (κ3) is 3.43. The molecule has 0 spiro atoms. The molecule has 0 fully saturated rings. The third-order valence-electron chi connectivity index (χ3n) is 3.72. The molecule has 8 heteroatoms. The van der Waals surface area contributed by atoms with Crippen LogP contribution in [0.5, 0.6) is 0 Å². The lowest BCUT2D eigenvalue weighted by Gasteiger charge is -2.00. The van der Waals surface area contributed by atoms with Gasteiger partial charge in [0.1, 0.15) is 5.82 Å². The number of carboxylic acid groups (broad SMARTS) is 1. The molecule has 0 aliphatic carbocycles. The maximum absolute atomic E-state index is 13.0. The Bertz CT molecular complexity index is 1070. The van der Waals surface area contributed by atoms with E-state index in [0.717, 1.165) is 0 Å². The van der Waals surface area contributed by atoms with E-state index < -0.39 is 11.8 Å². The van der Waals surface area contributed by atoms with Crippen molar-refractivity contribution in [3.8, 4) is 5.69 Å². The van der Waals surface area contributed by atoms with Crippen molar-refractivity contribution < 1.29 is 14.3 Å². The molecule has 3 rings (SSSR count). The number of hydrogen-bond donors (Lipinski definition) is 2. The Morgan fingerprint density at radius 3 is 2.62 bits per heavy atom. The van der Waals surface area contributed by atoms with Crippen molar-refractivity contribution in [2.45, 2.75) is 6.92 Å². The van der Waals surface area contributed by atoms with Crippen LogP contribution in [0.1, 0.15) is 21.6 Å². The van der Waals surface area contributed by atoms with Gasteiger partial charge < -0.3 is 5.11 Å². The van der Waals surface area contributed by atoms with Gasteiger partial charge in [0.25, 0.3) is 5.56 Å². The van der Waals surface area contributed by atoms with Gasteiger partial charge in [-0.2, -0.15) is 0 Å². The maximum Gasteiger partial charge on any atom is 0.337 e. The van der Waals surface area contributed by atoms with Crippen molar-refractivity contribution in [3.05, 3.63) is 80.5 Å². The molecule has 0 saturated heterocycles. The Morgan fingerprint density at radius 1 is 1.27 bits per heavy atom. The topological polar surface area (TPSA) is 87.5 Å². The molecule has 0 aliphatic rings. The number of benzene rings is 2. The Labute approximate surface area is 152 Å². The van der Waals surface area contributed by atoms with Crippen LogP contribution in [0.3, 0.4) is 0 Å². The number of nitrogens with zero attached hydrogens (tertiary/aromatic N) is 2. The van der Waals surface area contributed by atoms with Crippen LogP contribution in [-0.4, -0.2) is 27.1 Å². The number of hydrogen-bond acceptors (Lipinski definition) is 3. The monoisotopic (exact) mass is 373 g/mol. The Hall–Kier alpha value is -3.19. The van der Waals surface area contributed by atoms with Crippen molar-refractivity contribution >= 4 is 29.5 Å². The van der Waals surface area contributed by atoms with Crippen LogP contribution in [0, 0.1) is 12.7 Å². The number of aromatic carboxylic acids is 1. The van der Waals surface area contributed by atoms with Gasteiger partial charge in [-0.3, -0.25) is 14.9 Å². The highest BCUT2D eigenvalue weighted by atomic mass is 35.5. The quantitative estimate of drug-likeness (QED) is 0.683. The first-order chi connectivity index (χ1) is 12.4. The van der Waals surface area contributed by atoms with E-state index in [1.807, 2.05) is 0 Å². The molecule has 132 valence electrons. The van der Waals surface area contributed by atoms with Gasteiger partial charge in [0.2, 0.25) is 0 Å². The van der Waals surface area contributed by atoms with E-state index in [2.05, 4.69) is 10.1 Å². The van der Waals surface area contributed by atoms with E-state index in [0.29, 0.717) is 22.6 Å². The van der Waals surface area contributed by atoms with Crippen LogP contribution in [0.2, 0.25) is 5.02 Å². The van der Waals surface area contributed by atoms with Gasteiger partial charge in [0, 0.05) is 11.9 Å². The van der Waals surface area contributed by atoms with E-state index in [9.17, 15) is 14.0 Å². The fraction of sp³-hybridized carbons (Fsp3) is 0.0556. The number of carboxylic acids is 1. The van der Waals surface area contributed by atoms with Gasteiger partial charge in [-0.1, -0.05) is 11.6 Å². The summed E-state index contributed by atoms with van der Waals surface area (Å²) in [7, 11) is 0. The SMILES string of the molecule is Cc1[nH]n(-c2ccc(F)cc2)c(=O)c1C=Nc1ccc(Cl)c(C(=O)O)c1. The highest BCUT2D eigenvalue weighted by Crippen LogP contribution is 2.22. The maximum atomic E-state index is 13.0. The molecule has 0 amide bonds. The second-order valence-corrected chi connectivity index (χ2v) is 5.90. The average Bonchev–Trinajstić information content (AvgIpc) is 2.89. The van der Waals surface area contributed by atoms with E-state index in [4.69, 9.17) is 16.7 Å². The second-order valence-electron chi connectivity index (χ2n) is 5.49. The lowest BCUT2D eigenvalue weighted by atomic mass is 10.2. The summed E-state index contributed by atoms with van der Waals surface area (Å²) in [5.74, 6) is -1.56. The fourth-order valence-corrected chi connectivity index (χ4v) is 2.58. The Morgan fingerprint density at radius 2 is 1.96 bits per heavy atom. The van der Waals surface area contributed by atoms with E-state index in [1.54, 1.807) is 13.0 Å². The molecular formula is C18H13ClFN3O3. The summed E-state index contributed by atoms with van der Waals surface area (Å²) < 4.78 is 14.3. The molecule has 2 N–H and O–H groups in total. The van der Waals surface area contributed by atoms with Gasteiger partial charge >= 0.3 is 5.97 Å². The van der Waals surface area contributed by atoms with Crippen molar-refractivity contribution in [3.63, 3.8) is 0 Å². The standard InChI is InChI=1S/C18H13ClFN3O3/c1-10-15(9-21-12-4-7-16(19)14(8-12)18(25)26)17(24)23(22-10)13-5-2-11(20)3-6-13/h2-9,22H,1H3,(H,25,26). The largest absolute Gasteiger partial charge is 0.478 e. The highest BCUT2D eigenvalue weighted by Gasteiger charge is 2.12. The first kappa shape index (κ1) is 17.6. The molecule has 0 bridgehead atoms. The van der Waals surface area contributed by atoms with E-state index in [1.165, 1.54) is 47.3 Å². The smallest absolute Gasteiger partial charge is 0.337 e. The molecule has 3 aromatic rings. The van der Waals surface area contributed by atoms with Gasteiger partial charge in [0.15, 0.2) is 0 Å². The summed E-state index contributed by atoms with van der Waals surface area (Å²) in [6, 6.07) is 9.77. The molecule has 0 unspecified atom stereocenters. The van der Waals surface area contributed by atoms with E-state index >= 15 is 0 Å². The van der Waals surface area contributed by atoms with Crippen LogP contribution in [0.4, 0.5) is 10.1 Å². The number of H-pyrrole nitrogens is 1. The molecule has 0 radical (unpaired) electrons. The molecule has 1 heterocycles. The van der Waals surface area contributed by atoms with E-state index in [-0.39, 0.29) is 16.1 Å². The number of aliphatic imine (C=N–C) groups is 1. The first-order valence-electron chi connectivity index (χ1n) is 7.51. The number of halogens is 2. The van der Waals surface area contributed by atoms with Gasteiger partial charge in [-0.25, -0.2) is 13.9 Å². The average molecular weight is 374 g/mol. The lowest BCUT2D eigenvalue weighted by molar-refractivity contribution is 0.0697. The molecule has 2 aromatic carbocycles.